The summed E-state index contributed by atoms with van der Waals surface area (Å²) in [4.78, 5) is 16.3. The van der Waals surface area contributed by atoms with E-state index in [1.165, 1.54) is 25.3 Å². The number of benzene rings is 1. The molecule has 0 aliphatic carbocycles. The Hall–Kier alpha value is -1.70. The minimum atomic E-state index is -3.42. The van der Waals surface area contributed by atoms with Crippen LogP contribution in [0.15, 0.2) is 35.2 Å². The van der Waals surface area contributed by atoms with Crippen LogP contribution in [0.3, 0.4) is 0 Å². The highest BCUT2D eigenvalue weighted by Gasteiger charge is 2.16. The van der Waals surface area contributed by atoms with Crippen molar-refractivity contribution in [2.75, 3.05) is 40.3 Å². The largest absolute Gasteiger partial charge is 0.337 e. The summed E-state index contributed by atoms with van der Waals surface area (Å²) in [5.74, 6) is -0.0139. The van der Waals surface area contributed by atoms with E-state index < -0.39 is 10.0 Å². The predicted octanol–water partition coefficient (Wildman–Crippen LogP) is 0.382. The summed E-state index contributed by atoms with van der Waals surface area (Å²) in [5, 5.41) is 0. The second-order valence-corrected chi connectivity index (χ2v) is 7.13. The Morgan fingerprint density at radius 1 is 1.14 bits per heavy atom. The quantitative estimate of drug-likeness (QED) is 0.814. The van der Waals surface area contributed by atoms with Crippen molar-refractivity contribution in [2.45, 2.75) is 4.90 Å². The maximum Gasteiger partial charge on any atom is 0.246 e. The molecule has 2 rings (SSSR count). The number of carbonyl (C=O) groups is 1. The van der Waals surface area contributed by atoms with E-state index in [-0.39, 0.29) is 10.8 Å². The Morgan fingerprint density at radius 2 is 1.73 bits per heavy atom. The number of nitrogens with zero attached hydrogens (tertiary/aromatic N) is 2. The van der Waals surface area contributed by atoms with Crippen LogP contribution in [0.25, 0.3) is 6.08 Å². The van der Waals surface area contributed by atoms with Crippen LogP contribution in [0.5, 0.6) is 0 Å². The Balaban J connectivity index is 2.00. The predicted molar refractivity (Wildman–Crippen MR) is 85.8 cm³/mol. The van der Waals surface area contributed by atoms with Crippen LogP contribution in [0.1, 0.15) is 5.56 Å². The molecular formula is C15H21N3O3S. The van der Waals surface area contributed by atoms with Gasteiger partial charge in [-0.1, -0.05) is 12.1 Å². The van der Waals surface area contributed by atoms with Gasteiger partial charge in [-0.15, -0.1) is 0 Å². The third-order valence-electron chi connectivity index (χ3n) is 3.69. The van der Waals surface area contributed by atoms with Gasteiger partial charge >= 0.3 is 0 Å². The molecule has 1 amide bonds. The number of hydrogen-bond acceptors (Lipinski definition) is 4. The fraction of sp³-hybridized carbons (Fsp3) is 0.400. The monoisotopic (exact) mass is 323 g/mol. The van der Waals surface area contributed by atoms with Gasteiger partial charge in [0, 0.05) is 32.3 Å². The first-order chi connectivity index (χ1) is 10.4. The molecule has 0 radical (unpaired) electrons. The van der Waals surface area contributed by atoms with Gasteiger partial charge in [-0.3, -0.25) is 4.79 Å². The molecule has 1 aromatic rings. The molecule has 0 unspecified atom stereocenters. The molecule has 0 bridgehead atoms. The first-order valence-electron chi connectivity index (χ1n) is 7.11. The zero-order chi connectivity index (χ0) is 16.2. The molecule has 7 heteroatoms. The molecule has 0 aromatic heterocycles. The molecule has 1 N–H and O–H groups in total. The van der Waals surface area contributed by atoms with E-state index in [0.717, 1.165) is 31.7 Å². The lowest BCUT2D eigenvalue weighted by Crippen LogP contribution is -2.46. The standard InChI is InChI=1S/C15H21N3O3S/c1-16-22(20,21)14-6-3-13(4-7-14)5-8-15(19)18-11-9-17(2)10-12-18/h3-8,16H,9-12H2,1-2H3/b8-5+. The first kappa shape index (κ1) is 16.7. The number of piperazine rings is 1. The second-order valence-electron chi connectivity index (χ2n) is 5.24. The van der Waals surface area contributed by atoms with Crippen LogP contribution in [0.2, 0.25) is 0 Å². The maximum atomic E-state index is 12.1. The van der Waals surface area contributed by atoms with Crippen LogP contribution in [0, 0.1) is 0 Å². The number of hydrogen-bond donors (Lipinski definition) is 1. The van der Waals surface area contributed by atoms with Gasteiger partial charge in [-0.2, -0.15) is 0 Å². The summed E-state index contributed by atoms with van der Waals surface area (Å²) < 4.78 is 25.5. The van der Waals surface area contributed by atoms with Crippen molar-refractivity contribution in [1.82, 2.24) is 14.5 Å². The van der Waals surface area contributed by atoms with Gasteiger partial charge in [0.2, 0.25) is 15.9 Å². The number of carbonyl (C=O) groups excluding carboxylic acids is 1. The summed E-state index contributed by atoms with van der Waals surface area (Å²) in [6.45, 7) is 3.24. The van der Waals surface area contributed by atoms with Gasteiger partial charge in [0.1, 0.15) is 0 Å². The number of sulfonamides is 1. The van der Waals surface area contributed by atoms with E-state index >= 15 is 0 Å². The molecule has 1 aromatic carbocycles. The number of nitrogens with one attached hydrogen (secondary N) is 1. The van der Waals surface area contributed by atoms with Crippen LogP contribution in [0.4, 0.5) is 0 Å². The van der Waals surface area contributed by atoms with Crippen molar-refractivity contribution in [3.05, 3.63) is 35.9 Å². The van der Waals surface area contributed by atoms with E-state index in [1.54, 1.807) is 18.2 Å². The van der Waals surface area contributed by atoms with Crippen molar-refractivity contribution in [2.24, 2.45) is 0 Å². The summed E-state index contributed by atoms with van der Waals surface area (Å²) in [6.07, 6.45) is 3.24. The SMILES string of the molecule is CNS(=O)(=O)c1ccc(/C=C/C(=O)N2CCN(C)CC2)cc1. The van der Waals surface area contributed by atoms with Crippen molar-refractivity contribution in [3.63, 3.8) is 0 Å². The van der Waals surface area contributed by atoms with E-state index in [1.807, 2.05) is 11.9 Å². The van der Waals surface area contributed by atoms with Crippen LogP contribution in [-0.4, -0.2) is 64.4 Å². The zero-order valence-electron chi connectivity index (χ0n) is 12.8. The summed E-state index contributed by atoms with van der Waals surface area (Å²) >= 11 is 0. The average Bonchev–Trinajstić information content (AvgIpc) is 2.53. The fourth-order valence-electron chi connectivity index (χ4n) is 2.18. The summed E-state index contributed by atoms with van der Waals surface area (Å²) in [5.41, 5.74) is 0.789. The highest BCUT2D eigenvalue weighted by atomic mass is 32.2. The molecular weight excluding hydrogens is 302 g/mol. The van der Waals surface area contributed by atoms with E-state index in [4.69, 9.17) is 0 Å². The van der Waals surface area contributed by atoms with E-state index in [9.17, 15) is 13.2 Å². The molecule has 6 nitrogen and oxygen atoms in total. The van der Waals surface area contributed by atoms with Crippen molar-refractivity contribution >= 4 is 22.0 Å². The Labute approximate surface area is 131 Å². The number of likely N-dealkylation sites (N-methyl/N-ethyl adjacent to an activating group) is 1. The minimum absolute atomic E-state index is 0.0139. The highest BCUT2D eigenvalue weighted by molar-refractivity contribution is 7.89. The molecule has 120 valence electrons. The van der Waals surface area contributed by atoms with Crippen LogP contribution < -0.4 is 4.72 Å². The number of amides is 1. The highest BCUT2D eigenvalue weighted by Crippen LogP contribution is 2.11. The van der Waals surface area contributed by atoms with Gasteiger partial charge in [-0.25, -0.2) is 13.1 Å². The third-order valence-corrected chi connectivity index (χ3v) is 5.12. The first-order valence-corrected chi connectivity index (χ1v) is 8.60. The summed E-state index contributed by atoms with van der Waals surface area (Å²) in [6, 6.07) is 6.40. The van der Waals surface area contributed by atoms with E-state index in [0.29, 0.717) is 0 Å². The Bertz CT molecular complexity index is 645. The summed E-state index contributed by atoms with van der Waals surface area (Å²) in [7, 11) is -0.00952. The zero-order valence-corrected chi connectivity index (χ0v) is 13.6. The van der Waals surface area contributed by atoms with Gasteiger partial charge in [-0.05, 0) is 37.9 Å². The molecule has 0 atom stereocenters. The fourth-order valence-corrected chi connectivity index (χ4v) is 2.91. The molecule has 0 saturated carbocycles. The van der Waals surface area contributed by atoms with Crippen molar-refractivity contribution in [3.8, 4) is 0 Å². The average molecular weight is 323 g/mol. The van der Waals surface area contributed by atoms with Crippen LogP contribution >= 0.6 is 0 Å². The molecule has 1 aliphatic heterocycles. The van der Waals surface area contributed by atoms with E-state index in [2.05, 4.69) is 9.62 Å². The lowest BCUT2D eigenvalue weighted by atomic mass is 10.2. The topological polar surface area (TPSA) is 69.7 Å². The Kier molecular flexibility index (Phi) is 5.33. The molecule has 0 spiro atoms. The molecule has 1 heterocycles. The second kappa shape index (κ2) is 7.04. The molecule has 1 fully saturated rings. The van der Waals surface area contributed by atoms with Crippen LogP contribution in [-0.2, 0) is 14.8 Å². The van der Waals surface area contributed by atoms with Gasteiger partial charge < -0.3 is 9.80 Å². The van der Waals surface area contributed by atoms with Crippen molar-refractivity contribution in [1.29, 1.82) is 0 Å². The molecule has 1 aliphatic rings. The van der Waals surface area contributed by atoms with Gasteiger partial charge in [0.15, 0.2) is 0 Å². The van der Waals surface area contributed by atoms with Crippen molar-refractivity contribution < 1.29 is 13.2 Å². The molecule has 1 saturated heterocycles. The normalized spacial score (nSPS) is 17.1. The van der Waals surface area contributed by atoms with Gasteiger partial charge in [0.05, 0.1) is 4.90 Å². The lowest BCUT2D eigenvalue weighted by Gasteiger charge is -2.31. The number of rotatable bonds is 4. The Morgan fingerprint density at radius 3 is 2.27 bits per heavy atom. The third kappa shape index (κ3) is 4.16. The maximum absolute atomic E-state index is 12.1. The minimum Gasteiger partial charge on any atom is -0.337 e. The smallest absolute Gasteiger partial charge is 0.246 e. The van der Waals surface area contributed by atoms with Gasteiger partial charge in [0.25, 0.3) is 0 Å². The molecule has 22 heavy (non-hydrogen) atoms. The lowest BCUT2D eigenvalue weighted by molar-refractivity contribution is -0.127.